The SMILES string of the molecule is O=[N+]([O-])c1cnc2ccccc2c1NC1CCS(=O)CC1. The minimum Gasteiger partial charge on any atom is -0.376 e. The predicted molar refractivity (Wildman–Crippen MR) is 82.9 cm³/mol. The van der Waals surface area contributed by atoms with E-state index in [2.05, 4.69) is 10.3 Å². The Hall–Kier alpha value is -2.02. The van der Waals surface area contributed by atoms with Gasteiger partial charge in [0.25, 0.3) is 0 Å². The van der Waals surface area contributed by atoms with Gasteiger partial charge >= 0.3 is 5.69 Å². The molecule has 0 saturated carbocycles. The number of hydrogen-bond acceptors (Lipinski definition) is 5. The number of hydrogen-bond donors (Lipinski definition) is 1. The van der Waals surface area contributed by atoms with Crippen LogP contribution in [0.25, 0.3) is 10.9 Å². The summed E-state index contributed by atoms with van der Waals surface area (Å²) in [7, 11) is -0.746. The van der Waals surface area contributed by atoms with E-state index in [0.717, 1.165) is 23.7 Å². The summed E-state index contributed by atoms with van der Waals surface area (Å²) in [6, 6.07) is 7.48. The van der Waals surface area contributed by atoms with Crippen molar-refractivity contribution in [3.8, 4) is 0 Å². The van der Waals surface area contributed by atoms with Crippen LogP contribution in [0.15, 0.2) is 30.5 Å². The Morgan fingerprint density at radius 2 is 2.00 bits per heavy atom. The van der Waals surface area contributed by atoms with E-state index >= 15 is 0 Å². The van der Waals surface area contributed by atoms with Crippen LogP contribution >= 0.6 is 0 Å². The maximum Gasteiger partial charge on any atom is 0.311 e. The number of aromatic nitrogens is 1. The zero-order chi connectivity index (χ0) is 14.8. The van der Waals surface area contributed by atoms with Gasteiger partial charge in [0.2, 0.25) is 0 Å². The van der Waals surface area contributed by atoms with Gasteiger partial charge in [-0.15, -0.1) is 0 Å². The second-order valence-corrected chi connectivity index (χ2v) is 6.76. The van der Waals surface area contributed by atoms with Crippen LogP contribution in [0.1, 0.15) is 12.8 Å². The Morgan fingerprint density at radius 1 is 1.29 bits per heavy atom. The van der Waals surface area contributed by atoms with E-state index in [0.29, 0.717) is 17.2 Å². The molecule has 0 atom stereocenters. The van der Waals surface area contributed by atoms with Crippen LogP contribution in [0, 0.1) is 10.1 Å². The molecule has 7 heteroatoms. The maximum atomic E-state index is 11.4. The van der Waals surface area contributed by atoms with Gasteiger partial charge < -0.3 is 5.32 Å². The molecule has 0 aliphatic carbocycles. The Morgan fingerprint density at radius 3 is 2.71 bits per heavy atom. The number of rotatable bonds is 3. The molecule has 0 unspecified atom stereocenters. The van der Waals surface area contributed by atoms with Crippen molar-refractivity contribution in [2.24, 2.45) is 0 Å². The number of fused-ring (bicyclic) bond motifs is 1. The van der Waals surface area contributed by atoms with Gasteiger partial charge in [-0.1, -0.05) is 18.2 Å². The van der Waals surface area contributed by atoms with Crippen LogP contribution < -0.4 is 5.32 Å². The van der Waals surface area contributed by atoms with Crippen LogP contribution in [-0.4, -0.2) is 31.7 Å². The van der Waals surface area contributed by atoms with Gasteiger partial charge in [0.1, 0.15) is 11.9 Å². The fourth-order valence-electron chi connectivity index (χ4n) is 2.56. The average Bonchev–Trinajstić information content (AvgIpc) is 2.49. The summed E-state index contributed by atoms with van der Waals surface area (Å²) in [6.45, 7) is 0. The van der Waals surface area contributed by atoms with Gasteiger partial charge in [-0.2, -0.15) is 0 Å². The molecule has 1 aliphatic heterocycles. The summed E-state index contributed by atoms with van der Waals surface area (Å²) in [5.74, 6) is 1.29. The first-order valence-electron chi connectivity index (χ1n) is 6.79. The number of anilines is 1. The van der Waals surface area contributed by atoms with Crippen molar-refractivity contribution >= 4 is 33.1 Å². The third-order valence-corrected chi connectivity index (χ3v) is 5.07. The summed E-state index contributed by atoms with van der Waals surface area (Å²) in [6.07, 6.45) is 2.83. The summed E-state index contributed by atoms with van der Waals surface area (Å²) >= 11 is 0. The van der Waals surface area contributed by atoms with E-state index in [9.17, 15) is 14.3 Å². The molecule has 0 amide bonds. The van der Waals surface area contributed by atoms with Gasteiger partial charge in [0.15, 0.2) is 0 Å². The summed E-state index contributed by atoms with van der Waals surface area (Å²) in [5, 5.41) is 15.3. The smallest absolute Gasteiger partial charge is 0.311 e. The number of nitrogens with zero attached hydrogens (tertiary/aromatic N) is 2. The molecular formula is C14H15N3O3S. The molecule has 1 fully saturated rings. The monoisotopic (exact) mass is 305 g/mol. The molecule has 6 nitrogen and oxygen atoms in total. The molecule has 0 bridgehead atoms. The van der Waals surface area contributed by atoms with Crippen molar-refractivity contribution in [3.63, 3.8) is 0 Å². The average molecular weight is 305 g/mol. The van der Waals surface area contributed by atoms with E-state index in [4.69, 9.17) is 0 Å². The summed E-state index contributed by atoms with van der Waals surface area (Å²) in [5.41, 5.74) is 1.23. The topological polar surface area (TPSA) is 85.1 Å². The Balaban J connectivity index is 2.00. The molecule has 1 N–H and O–H groups in total. The van der Waals surface area contributed by atoms with E-state index in [1.54, 1.807) is 0 Å². The fraction of sp³-hybridized carbons (Fsp3) is 0.357. The van der Waals surface area contributed by atoms with Crippen LogP contribution in [-0.2, 0) is 10.8 Å². The molecule has 1 saturated heterocycles. The Kier molecular flexibility index (Phi) is 3.83. The zero-order valence-corrected chi connectivity index (χ0v) is 12.1. The lowest BCUT2D eigenvalue weighted by molar-refractivity contribution is -0.384. The van der Waals surface area contributed by atoms with Crippen LogP contribution in [0.2, 0.25) is 0 Å². The van der Waals surface area contributed by atoms with Gasteiger partial charge in [-0.3, -0.25) is 14.3 Å². The first-order chi connectivity index (χ1) is 10.1. The van der Waals surface area contributed by atoms with E-state index in [1.807, 2.05) is 24.3 Å². The Labute approximate surface area is 124 Å². The maximum absolute atomic E-state index is 11.4. The van der Waals surface area contributed by atoms with Crippen molar-refractivity contribution in [1.82, 2.24) is 4.98 Å². The van der Waals surface area contributed by atoms with Gasteiger partial charge in [0.05, 0.1) is 10.4 Å². The number of nitrogens with one attached hydrogen (secondary N) is 1. The molecule has 0 spiro atoms. The third kappa shape index (κ3) is 2.87. The second kappa shape index (κ2) is 5.77. The standard InChI is InChI=1S/C14H15N3O3S/c18-17(19)13-9-15-12-4-2-1-3-11(12)14(13)16-10-5-7-21(20)8-6-10/h1-4,9-10H,5-8H2,(H,15,16). The molecule has 2 heterocycles. The highest BCUT2D eigenvalue weighted by atomic mass is 32.2. The molecule has 2 aromatic rings. The number of para-hydroxylation sites is 1. The first-order valence-corrected chi connectivity index (χ1v) is 8.27. The highest BCUT2D eigenvalue weighted by molar-refractivity contribution is 7.85. The lowest BCUT2D eigenvalue weighted by Gasteiger charge is -2.24. The predicted octanol–water partition coefficient (Wildman–Crippen LogP) is 2.47. The van der Waals surface area contributed by atoms with Crippen LogP contribution in [0.3, 0.4) is 0 Å². The van der Waals surface area contributed by atoms with Crippen molar-refractivity contribution in [2.75, 3.05) is 16.8 Å². The lowest BCUT2D eigenvalue weighted by atomic mass is 10.1. The van der Waals surface area contributed by atoms with Crippen molar-refractivity contribution < 1.29 is 9.13 Å². The van der Waals surface area contributed by atoms with E-state index in [1.165, 1.54) is 6.20 Å². The van der Waals surface area contributed by atoms with Crippen molar-refractivity contribution in [3.05, 3.63) is 40.6 Å². The lowest BCUT2D eigenvalue weighted by Crippen LogP contribution is -2.29. The molecule has 1 aromatic heterocycles. The molecule has 0 radical (unpaired) electrons. The minimum absolute atomic E-state index is 0.0135. The highest BCUT2D eigenvalue weighted by Gasteiger charge is 2.23. The summed E-state index contributed by atoms with van der Waals surface area (Å²) in [4.78, 5) is 15.0. The number of nitro groups is 1. The minimum atomic E-state index is -0.746. The van der Waals surface area contributed by atoms with E-state index < -0.39 is 15.7 Å². The quantitative estimate of drug-likeness (QED) is 0.695. The summed E-state index contributed by atoms with van der Waals surface area (Å²) < 4.78 is 11.4. The van der Waals surface area contributed by atoms with Crippen molar-refractivity contribution in [2.45, 2.75) is 18.9 Å². The normalized spacial score (nSPS) is 22.1. The molecule has 1 aromatic carbocycles. The second-order valence-electron chi connectivity index (χ2n) is 5.06. The molecule has 3 rings (SSSR count). The molecular weight excluding hydrogens is 290 g/mol. The molecule has 21 heavy (non-hydrogen) atoms. The van der Waals surface area contributed by atoms with Crippen molar-refractivity contribution in [1.29, 1.82) is 0 Å². The van der Waals surface area contributed by atoms with Crippen LogP contribution in [0.5, 0.6) is 0 Å². The van der Waals surface area contributed by atoms with Gasteiger partial charge in [-0.05, 0) is 18.9 Å². The molecule has 1 aliphatic rings. The third-order valence-electron chi connectivity index (χ3n) is 3.69. The Bertz CT molecular complexity index is 710. The molecule has 110 valence electrons. The fourth-order valence-corrected chi connectivity index (χ4v) is 3.86. The van der Waals surface area contributed by atoms with E-state index in [-0.39, 0.29) is 11.7 Å². The number of benzene rings is 1. The number of pyridine rings is 1. The van der Waals surface area contributed by atoms with Gasteiger partial charge in [-0.25, -0.2) is 4.98 Å². The van der Waals surface area contributed by atoms with Gasteiger partial charge in [0, 0.05) is 33.7 Å². The largest absolute Gasteiger partial charge is 0.376 e. The highest BCUT2D eigenvalue weighted by Crippen LogP contribution is 2.33. The van der Waals surface area contributed by atoms with Crippen LogP contribution in [0.4, 0.5) is 11.4 Å². The first kappa shape index (κ1) is 13.9. The zero-order valence-electron chi connectivity index (χ0n) is 11.3.